The highest BCUT2D eigenvalue weighted by Gasteiger charge is 2.62. The molecule has 0 radical (unpaired) electrons. The van der Waals surface area contributed by atoms with E-state index in [2.05, 4.69) is 18.5 Å². The lowest BCUT2D eigenvalue weighted by Crippen LogP contribution is -2.53. The Balaban J connectivity index is 0.000000211. The first-order valence-electron chi connectivity index (χ1n) is 24.2. The van der Waals surface area contributed by atoms with Crippen molar-refractivity contribution in [2.75, 3.05) is 20.2 Å². The highest BCUT2D eigenvalue weighted by atomic mass is 19.1. The number of halogens is 2. The third-order valence-electron chi connectivity index (χ3n) is 13.5. The van der Waals surface area contributed by atoms with Crippen molar-refractivity contribution in [2.45, 2.75) is 147 Å². The molecule has 0 bridgehead atoms. The molecular weight excluding hydrogens is 971 g/mol. The molecule has 8 atom stereocenters. The molecule has 4 aliphatic heterocycles. The standard InChI is InChI=1S/C26H32FN3O7.C19H23FN2O6.C7H11NO/c1-6-16-11-26(16,22(32)35-5)28-21(31)20-10-17(13-30(20)24(34)37-25(2,3)4)36-23(33)29-12-15-8-7-9-19(27)18(15)14-29;1-19(2,3)28-18(26)22-9-12(7-15(22)16(23)24)27-17(25)21-8-11-5-4-6-14(20)13(11)10-21;1-3-6-4-7(6,8)5(2)9/h6-9,16-17,20H,1,10-14H2,2-5H3,(H,28,31);4-6,12,15H,7-10H2,1-3H3,(H,23,24);3,6H,1,4,8H2,2H3/t16?,17-,20+,26-;12-,15+;6-,7+/m111/s1. The van der Waals surface area contributed by atoms with E-state index < -0.39 is 88.8 Å². The van der Waals surface area contributed by atoms with Gasteiger partial charge in [0.2, 0.25) is 5.91 Å². The van der Waals surface area contributed by atoms with Crippen molar-refractivity contribution in [1.82, 2.24) is 24.9 Å². The number of esters is 1. The van der Waals surface area contributed by atoms with E-state index in [0.29, 0.717) is 28.7 Å². The van der Waals surface area contributed by atoms with Gasteiger partial charge in [-0.2, -0.15) is 0 Å². The van der Waals surface area contributed by atoms with Gasteiger partial charge in [-0.05, 0) is 84.6 Å². The third-order valence-corrected chi connectivity index (χ3v) is 13.5. The number of ketones is 1. The van der Waals surface area contributed by atoms with Crippen molar-refractivity contribution in [1.29, 1.82) is 0 Å². The minimum Gasteiger partial charge on any atom is -0.480 e. The number of fused-ring (bicyclic) bond motifs is 2. The Bertz CT molecular complexity index is 2580. The van der Waals surface area contributed by atoms with Crippen LogP contribution in [-0.2, 0) is 69.0 Å². The van der Waals surface area contributed by atoms with E-state index in [1.807, 2.05) is 0 Å². The van der Waals surface area contributed by atoms with Crippen LogP contribution in [0.15, 0.2) is 61.7 Å². The highest BCUT2D eigenvalue weighted by molar-refractivity contribution is 5.95. The molecular formula is C52H66F2N6O14. The molecule has 2 saturated heterocycles. The molecule has 2 aliphatic carbocycles. The van der Waals surface area contributed by atoms with Crippen LogP contribution in [0.1, 0.15) is 96.4 Å². The number of carboxylic acid groups (broad SMARTS) is 1. The summed E-state index contributed by atoms with van der Waals surface area (Å²) in [5.74, 6) is -3.14. The number of carboxylic acids is 1. The predicted molar refractivity (Wildman–Crippen MR) is 259 cm³/mol. The molecule has 2 aromatic carbocycles. The number of likely N-dealkylation sites (tertiary alicyclic amines) is 2. The topological polar surface area (TPSA) is 254 Å². The average Bonchev–Trinajstić information content (AvgIpc) is 3.74. The number of hydrogen-bond acceptors (Lipinski definition) is 14. The Kier molecular flexibility index (Phi) is 16.5. The number of nitrogens with two attached hydrogens (primary N) is 1. The fourth-order valence-electron chi connectivity index (χ4n) is 9.24. The van der Waals surface area contributed by atoms with E-state index in [9.17, 15) is 52.2 Å². The maximum atomic E-state index is 14.1. The van der Waals surface area contributed by atoms with Crippen molar-refractivity contribution in [3.05, 3.63) is 95.6 Å². The van der Waals surface area contributed by atoms with Crippen molar-refractivity contribution in [3.8, 4) is 0 Å². The summed E-state index contributed by atoms with van der Waals surface area (Å²) in [6.07, 6.45) is -0.0505. The van der Waals surface area contributed by atoms with Crippen LogP contribution in [0.5, 0.6) is 0 Å². The Labute approximate surface area is 428 Å². The average molecular weight is 1040 g/mol. The van der Waals surface area contributed by atoms with Gasteiger partial charge in [0.25, 0.3) is 0 Å². The van der Waals surface area contributed by atoms with Gasteiger partial charge < -0.3 is 39.8 Å². The monoisotopic (exact) mass is 1040 g/mol. The number of carbonyl (C=O) groups is 8. The van der Waals surface area contributed by atoms with Crippen LogP contribution in [0.3, 0.4) is 0 Å². The minimum atomic E-state index is -1.24. The fourth-order valence-corrected chi connectivity index (χ4v) is 9.24. The van der Waals surface area contributed by atoms with Gasteiger partial charge >= 0.3 is 36.3 Å². The molecule has 4 N–H and O–H groups in total. The van der Waals surface area contributed by atoms with Crippen LogP contribution in [0, 0.1) is 23.5 Å². The summed E-state index contributed by atoms with van der Waals surface area (Å²) in [7, 11) is 1.23. The lowest BCUT2D eigenvalue weighted by Gasteiger charge is -2.28. The van der Waals surface area contributed by atoms with Crippen LogP contribution >= 0.6 is 0 Å². The second kappa shape index (κ2) is 21.8. The van der Waals surface area contributed by atoms with Gasteiger partial charge in [0, 0.05) is 48.9 Å². The van der Waals surface area contributed by atoms with E-state index in [0.717, 1.165) is 11.3 Å². The molecule has 1 unspecified atom stereocenters. The second-order valence-corrected chi connectivity index (χ2v) is 21.2. The Morgan fingerprint density at radius 2 is 1.15 bits per heavy atom. The molecule has 4 fully saturated rings. The lowest BCUT2D eigenvalue weighted by molar-refractivity contribution is -0.147. The van der Waals surface area contributed by atoms with E-state index in [4.69, 9.17) is 29.4 Å². The summed E-state index contributed by atoms with van der Waals surface area (Å²) in [6, 6.07) is 7.14. The molecule has 0 aromatic heterocycles. The van der Waals surface area contributed by atoms with Gasteiger partial charge in [0.15, 0.2) is 0 Å². The zero-order chi connectivity index (χ0) is 54.8. The predicted octanol–water partition coefficient (Wildman–Crippen LogP) is 6.11. The Morgan fingerprint density at radius 3 is 1.50 bits per heavy atom. The molecule has 8 rings (SSSR count). The van der Waals surface area contributed by atoms with Crippen LogP contribution in [-0.4, -0.2) is 139 Å². The number of ether oxygens (including phenoxy) is 5. The van der Waals surface area contributed by atoms with Gasteiger partial charge in [0.1, 0.15) is 58.5 Å². The van der Waals surface area contributed by atoms with Crippen LogP contribution in [0.4, 0.5) is 28.0 Å². The fraction of sp³-hybridized carbons (Fsp3) is 0.538. The first-order valence-corrected chi connectivity index (χ1v) is 24.2. The molecule has 2 saturated carbocycles. The molecule has 4 heterocycles. The van der Waals surface area contributed by atoms with Gasteiger partial charge in [-0.15, -0.1) is 13.2 Å². The maximum Gasteiger partial charge on any atom is 0.411 e. The molecule has 2 aromatic rings. The first kappa shape index (κ1) is 56.2. The number of carbonyl (C=O) groups excluding carboxylic acids is 7. The quantitative estimate of drug-likeness (QED) is 0.146. The number of methoxy groups -OCH3 is 1. The SMILES string of the molecule is C=CC1C[C@]1(NC(=O)[C@@H]1C[C@@H](OC(=O)N2Cc3cccc(F)c3C2)CN1C(=O)OC(C)(C)C)C(=O)OC.C=C[C@@H]1C[C@]1(N)C(C)=O.CC(C)(C)OC(=O)N1C[C@H](OC(=O)N2Cc3cccc(F)c3C2)C[C@H]1C(=O)O. The second-order valence-electron chi connectivity index (χ2n) is 21.2. The molecule has 74 heavy (non-hydrogen) atoms. The smallest absolute Gasteiger partial charge is 0.411 e. The number of rotatable bonds is 9. The Morgan fingerprint density at radius 1 is 0.703 bits per heavy atom. The summed E-state index contributed by atoms with van der Waals surface area (Å²) in [5.41, 5.74) is 4.54. The number of nitrogens with one attached hydrogen (secondary N) is 1. The zero-order valence-electron chi connectivity index (χ0n) is 42.9. The zero-order valence-corrected chi connectivity index (χ0v) is 42.9. The molecule has 22 heteroatoms. The van der Waals surface area contributed by atoms with Crippen molar-refractivity contribution in [2.24, 2.45) is 17.6 Å². The molecule has 0 spiro atoms. The highest BCUT2D eigenvalue weighted by Crippen LogP contribution is 2.46. The number of Topliss-reactive ketones (excluding diaryl/α,β-unsaturated/α-hetero) is 1. The van der Waals surface area contributed by atoms with Crippen LogP contribution in [0.2, 0.25) is 0 Å². The summed E-state index contributed by atoms with van der Waals surface area (Å²) >= 11 is 0. The maximum absolute atomic E-state index is 14.1. The summed E-state index contributed by atoms with van der Waals surface area (Å²) in [4.78, 5) is 104. The number of hydrogen-bond donors (Lipinski definition) is 3. The summed E-state index contributed by atoms with van der Waals surface area (Å²) in [5, 5.41) is 12.1. The summed E-state index contributed by atoms with van der Waals surface area (Å²) < 4.78 is 54.6. The number of benzene rings is 2. The van der Waals surface area contributed by atoms with E-state index in [1.165, 1.54) is 40.9 Å². The van der Waals surface area contributed by atoms with E-state index in [1.54, 1.807) is 78.0 Å². The Hall–Kier alpha value is -7.10. The molecule has 402 valence electrons. The third kappa shape index (κ3) is 12.8. The molecule has 5 amide bonds. The number of aliphatic carboxylic acids is 1. The van der Waals surface area contributed by atoms with Crippen molar-refractivity contribution >= 4 is 48.0 Å². The minimum absolute atomic E-state index is 0.00196. The van der Waals surface area contributed by atoms with E-state index in [-0.39, 0.29) is 81.4 Å². The van der Waals surface area contributed by atoms with Gasteiger partial charge in [0.05, 0.1) is 38.8 Å². The van der Waals surface area contributed by atoms with E-state index >= 15 is 0 Å². The van der Waals surface area contributed by atoms with Gasteiger partial charge in [-0.3, -0.25) is 29.2 Å². The molecule has 6 aliphatic rings. The van der Waals surface area contributed by atoms with Crippen molar-refractivity contribution < 1.29 is 75.9 Å². The largest absolute Gasteiger partial charge is 0.480 e. The number of amides is 5. The van der Waals surface area contributed by atoms with Crippen molar-refractivity contribution in [3.63, 3.8) is 0 Å². The summed E-state index contributed by atoms with van der Waals surface area (Å²) in [6.45, 7) is 19.3. The van der Waals surface area contributed by atoms with Gasteiger partial charge in [-0.1, -0.05) is 36.4 Å². The number of nitrogens with zero attached hydrogens (tertiary/aromatic N) is 4. The van der Waals surface area contributed by atoms with Gasteiger partial charge in [-0.25, -0.2) is 37.5 Å². The normalized spacial score (nSPS) is 26.1. The first-order chi connectivity index (χ1) is 34.5. The van der Waals surface area contributed by atoms with Crippen LogP contribution < -0.4 is 11.1 Å². The lowest BCUT2D eigenvalue weighted by atomic mass is 10.1. The van der Waals surface area contributed by atoms with Crippen LogP contribution in [0.25, 0.3) is 0 Å². The molecule has 20 nitrogen and oxygen atoms in total.